The lowest BCUT2D eigenvalue weighted by atomic mass is 10.1. The van der Waals surface area contributed by atoms with Gasteiger partial charge in [-0.1, -0.05) is 0 Å². The maximum absolute atomic E-state index is 11.5. The fourth-order valence-electron chi connectivity index (χ4n) is 2.03. The van der Waals surface area contributed by atoms with Crippen molar-refractivity contribution < 1.29 is 17.6 Å². The van der Waals surface area contributed by atoms with Gasteiger partial charge in [-0.25, -0.2) is 8.42 Å². The lowest BCUT2D eigenvalue weighted by Gasteiger charge is -2.15. The molecule has 0 aliphatic carbocycles. The van der Waals surface area contributed by atoms with Gasteiger partial charge in [-0.2, -0.15) is 0 Å². The van der Waals surface area contributed by atoms with Gasteiger partial charge in [-0.3, -0.25) is 0 Å². The smallest absolute Gasteiger partial charge is 0.261 e. The molecule has 0 radical (unpaired) electrons. The summed E-state index contributed by atoms with van der Waals surface area (Å²) in [5.41, 5.74) is 1.95. The van der Waals surface area contributed by atoms with E-state index in [1.165, 1.54) is 6.07 Å². The van der Waals surface area contributed by atoms with Gasteiger partial charge in [0, 0.05) is 17.6 Å². The Labute approximate surface area is 127 Å². The summed E-state index contributed by atoms with van der Waals surface area (Å²) < 4.78 is 34.0. The van der Waals surface area contributed by atoms with E-state index in [4.69, 9.17) is 19.8 Å². The zero-order chi connectivity index (χ0) is 15.8. The van der Waals surface area contributed by atoms with Crippen LogP contribution in [0.4, 0.5) is 0 Å². The topological polar surface area (TPSA) is 82.3 Å². The normalized spacial score (nSPS) is 11.7. The average molecular weight is 331 g/mol. The number of aryl methyl sites for hydroxylation is 2. The van der Waals surface area contributed by atoms with E-state index >= 15 is 0 Å². The van der Waals surface area contributed by atoms with E-state index in [1.54, 1.807) is 27.7 Å². The highest BCUT2D eigenvalue weighted by Gasteiger charge is 2.19. The molecule has 0 spiro atoms. The predicted molar refractivity (Wildman–Crippen MR) is 77.1 cm³/mol. The van der Waals surface area contributed by atoms with Crippen LogP contribution in [0.15, 0.2) is 15.4 Å². The minimum atomic E-state index is -3.78. The molecule has 1 aromatic heterocycles. The van der Waals surface area contributed by atoms with E-state index in [0.717, 1.165) is 0 Å². The molecule has 0 N–H and O–H groups in total. The minimum Gasteiger partial charge on any atom is -0.483 e. The maximum Gasteiger partial charge on any atom is 0.261 e. The van der Waals surface area contributed by atoms with Gasteiger partial charge in [0.05, 0.1) is 4.90 Å². The van der Waals surface area contributed by atoms with Crippen LogP contribution in [-0.2, 0) is 15.7 Å². The summed E-state index contributed by atoms with van der Waals surface area (Å²) in [6.45, 7) is 7.04. The monoisotopic (exact) mass is 330 g/mol. The number of aromatic nitrogens is 2. The molecule has 0 amide bonds. The molecular weight excluding hydrogens is 316 g/mol. The first kappa shape index (κ1) is 15.8. The van der Waals surface area contributed by atoms with Crippen molar-refractivity contribution in [1.29, 1.82) is 0 Å². The number of hydrogen-bond acceptors (Lipinski definition) is 6. The van der Waals surface area contributed by atoms with Crippen LogP contribution in [0, 0.1) is 27.7 Å². The van der Waals surface area contributed by atoms with Crippen LogP contribution in [0.2, 0.25) is 0 Å². The molecule has 6 nitrogen and oxygen atoms in total. The quantitative estimate of drug-likeness (QED) is 0.802. The predicted octanol–water partition coefficient (Wildman–Crippen LogP) is 2.81. The van der Waals surface area contributed by atoms with Crippen LogP contribution in [0.25, 0.3) is 0 Å². The number of nitrogens with zero attached hydrogens (tertiary/aromatic N) is 2. The lowest BCUT2D eigenvalue weighted by molar-refractivity contribution is 0.257. The standard InChI is InChI=1S/C13H15ClN2O4S/c1-7-5-11(21(14,17)18)8(2)9(3)13(7)19-6-12-16-15-10(4)20-12/h5H,6H2,1-4H3. The summed E-state index contributed by atoms with van der Waals surface area (Å²) in [6.07, 6.45) is 0. The van der Waals surface area contributed by atoms with E-state index in [0.29, 0.717) is 34.2 Å². The van der Waals surface area contributed by atoms with Crippen molar-refractivity contribution in [2.24, 2.45) is 0 Å². The van der Waals surface area contributed by atoms with Gasteiger partial charge in [0.1, 0.15) is 5.75 Å². The van der Waals surface area contributed by atoms with E-state index < -0.39 is 9.05 Å². The number of rotatable bonds is 4. The first-order valence-electron chi connectivity index (χ1n) is 6.17. The summed E-state index contributed by atoms with van der Waals surface area (Å²) in [7, 11) is 1.65. The van der Waals surface area contributed by atoms with Gasteiger partial charge >= 0.3 is 0 Å². The SMILES string of the molecule is Cc1nnc(COc2c(C)cc(S(=O)(=O)Cl)c(C)c2C)o1. The van der Waals surface area contributed by atoms with Gasteiger partial charge in [0.2, 0.25) is 5.89 Å². The Balaban J connectivity index is 2.35. The molecule has 114 valence electrons. The van der Waals surface area contributed by atoms with Gasteiger partial charge in [-0.15, -0.1) is 10.2 Å². The number of halogens is 1. The summed E-state index contributed by atoms with van der Waals surface area (Å²) in [4.78, 5) is 0.0974. The van der Waals surface area contributed by atoms with Crippen LogP contribution in [0.5, 0.6) is 5.75 Å². The second-order valence-corrected chi connectivity index (χ2v) is 7.25. The molecule has 0 saturated heterocycles. The van der Waals surface area contributed by atoms with E-state index in [9.17, 15) is 8.42 Å². The first-order valence-corrected chi connectivity index (χ1v) is 8.48. The summed E-state index contributed by atoms with van der Waals surface area (Å²) in [5, 5.41) is 7.56. The summed E-state index contributed by atoms with van der Waals surface area (Å²) >= 11 is 0. The van der Waals surface area contributed by atoms with E-state index in [-0.39, 0.29) is 11.5 Å². The minimum absolute atomic E-state index is 0.0974. The number of hydrogen-bond donors (Lipinski definition) is 0. The third kappa shape index (κ3) is 3.36. The zero-order valence-corrected chi connectivity index (χ0v) is 13.7. The number of benzene rings is 1. The molecule has 0 fully saturated rings. The van der Waals surface area contributed by atoms with Crippen molar-refractivity contribution >= 4 is 19.7 Å². The molecule has 0 aliphatic heterocycles. The highest BCUT2D eigenvalue weighted by atomic mass is 35.7. The molecule has 1 heterocycles. The maximum atomic E-state index is 11.5. The van der Waals surface area contributed by atoms with Crippen molar-refractivity contribution in [3.05, 3.63) is 34.5 Å². The summed E-state index contributed by atoms with van der Waals surface area (Å²) in [6, 6.07) is 1.50. The largest absolute Gasteiger partial charge is 0.483 e. The van der Waals surface area contributed by atoms with Crippen molar-refractivity contribution in [3.8, 4) is 5.75 Å². The Hall–Kier alpha value is -1.60. The molecule has 0 saturated carbocycles. The molecule has 0 unspecified atom stereocenters. The molecule has 8 heteroatoms. The van der Waals surface area contributed by atoms with Crippen molar-refractivity contribution in [1.82, 2.24) is 10.2 Å². The van der Waals surface area contributed by atoms with Crippen LogP contribution >= 0.6 is 10.7 Å². The third-order valence-corrected chi connectivity index (χ3v) is 4.60. The molecular formula is C13H15ClN2O4S. The van der Waals surface area contributed by atoms with Crippen molar-refractivity contribution in [2.45, 2.75) is 39.2 Å². The van der Waals surface area contributed by atoms with E-state index in [1.807, 2.05) is 0 Å². The van der Waals surface area contributed by atoms with Gasteiger partial charge in [0.25, 0.3) is 14.9 Å². The Morgan fingerprint density at radius 2 is 1.86 bits per heavy atom. The second kappa shape index (κ2) is 5.65. The Morgan fingerprint density at radius 3 is 2.38 bits per heavy atom. The zero-order valence-electron chi connectivity index (χ0n) is 12.1. The van der Waals surface area contributed by atoms with Crippen LogP contribution in [-0.4, -0.2) is 18.6 Å². The molecule has 21 heavy (non-hydrogen) atoms. The fourth-order valence-corrected chi connectivity index (χ4v) is 3.34. The van der Waals surface area contributed by atoms with Gasteiger partial charge in [0.15, 0.2) is 6.61 Å². The molecule has 1 aromatic carbocycles. The molecule has 2 aromatic rings. The first-order chi connectivity index (χ1) is 9.70. The van der Waals surface area contributed by atoms with Crippen molar-refractivity contribution in [2.75, 3.05) is 0 Å². The highest BCUT2D eigenvalue weighted by molar-refractivity contribution is 8.13. The van der Waals surface area contributed by atoms with Crippen LogP contribution in [0.1, 0.15) is 28.5 Å². The Kier molecular flexibility index (Phi) is 4.25. The lowest BCUT2D eigenvalue weighted by Crippen LogP contribution is -2.04. The molecule has 0 aliphatic rings. The Morgan fingerprint density at radius 1 is 1.19 bits per heavy atom. The molecule has 0 bridgehead atoms. The van der Waals surface area contributed by atoms with Crippen LogP contribution < -0.4 is 4.74 Å². The third-order valence-electron chi connectivity index (χ3n) is 3.15. The van der Waals surface area contributed by atoms with Crippen molar-refractivity contribution in [3.63, 3.8) is 0 Å². The molecule has 2 rings (SSSR count). The van der Waals surface area contributed by atoms with Gasteiger partial charge < -0.3 is 9.15 Å². The summed E-state index contributed by atoms with van der Waals surface area (Å²) in [5.74, 6) is 1.41. The van der Waals surface area contributed by atoms with Gasteiger partial charge in [-0.05, 0) is 43.5 Å². The highest BCUT2D eigenvalue weighted by Crippen LogP contribution is 2.33. The second-order valence-electron chi connectivity index (χ2n) is 4.71. The molecule has 0 atom stereocenters. The average Bonchev–Trinajstić information content (AvgIpc) is 2.78. The Bertz CT molecular complexity index is 784. The number of ether oxygens (including phenoxy) is 1. The van der Waals surface area contributed by atoms with Crippen LogP contribution in [0.3, 0.4) is 0 Å². The fraction of sp³-hybridized carbons (Fsp3) is 0.385. The van der Waals surface area contributed by atoms with E-state index in [2.05, 4.69) is 10.2 Å².